The summed E-state index contributed by atoms with van der Waals surface area (Å²) in [4.78, 5) is 96.1. The van der Waals surface area contributed by atoms with Gasteiger partial charge in [-0.3, -0.25) is 35.0 Å². The average Bonchev–Trinajstić information content (AvgIpc) is 0.889. The molecule has 1 amide bonds. The van der Waals surface area contributed by atoms with Crippen molar-refractivity contribution in [2.24, 2.45) is 28.7 Å². The predicted octanol–water partition coefficient (Wildman–Crippen LogP) is 5.86. The van der Waals surface area contributed by atoms with Crippen LogP contribution in [0.2, 0.25) is 0 Å². The maximum Gasteiger partial charge on any atom is 0.410 e. The second kappa shape index (κ2) is 54.6. The Morgan fingerprint density at radius 2 is 0.808 bits per heavy atom. The Bertz CT molecular complexity index is 3470. The van der Waals surface area contributed by atoms with Gasteiger partial charge in [-0.15, -0.1) is 0 Å². The molecular formula is C74H96N6O24. The Labute approximate surface area is 603 Å². The van der Waals surface area contributed by atoms with Gasteiger partial charge in [0.15, 0.2) is 6.23 Å². The molecule has 566 valence electrons. The topological polar surface area (TPSA) is 508 Å². The van der Waals surface area contributed by atoms with Crippen LogP contribution in [-0.4, -0.2) is 151 Å². The third-order valence-electron chi connectivity index (χ3n) is 13.1. The Morgan fingerprint density at radius 1 is 0.490 bits per heavy atom. The number of aldehydes is 1. The Balaban J connectivity index is 0. The lowest BCUT2D eigenvalue weighted by molar-refractivity contribution is -0.193. The fourth-order valence-corrected chi connectivity index (χ4v) is 7.56. The second-order valence-electron chi connectivity index (χ2n) is 22.4. The van der Waals surface area contributed by atoms with Crippen molar-refractivity contribution in [1.82, 2.24) is 5.32 Å². The molecule has 0 saturated heterocycles. The first-order valence-electron chi connectivity index (χ1n) is 31.1. The number of ether oxygens (including phenoxy) is 8. The number of alkyl carbamates (subject to hydrolysis) is 1. The first kappa shape index (κ1) is 95.0. The van der Waals surface area contributed by atoms with Crippen molar-refractivity contribution in [3.63, 3.8) is 0 Å². The number of aliphatic carboxylic acids is 1. The summed E-state index contributed by atoms with van der Waals surface area (Å²) >= 11 is 0. The lowest BCUT2D eigenvalue weighted by Crippen LogP contribution is -2.43. The number of carbonyl (C=O) groups excluding carboxylic acids is 9. The summed E-state index contributed by atoms with van der Waals surface area (Å²) < 4.78 is 39.3. The van der Waals surface area contributed by atoms with Gasteiger partial charge in [0.05, 0.1) is 47.2 Å². The zero-order chi connectivity index (χ0) is 79.3. The highest BCUT2D eigenvalue weighted by atomic mass is 16.6. The minimum absolute atomic E-state index is 0.147. The lowest BCUT2D eigenvalue weighted by Gasteiger charge is -2.25. The van der Waals surface area contributed by atoms with Gasteiger partial charge in [0, 0.05) is 17.6 Å². The van der Waals surface area contributed by atoms with Crippen LogP contribution in [0.1, 0.15) is 120 Å². The summed E-state index contributed by atoms with van der Waals surface area (Å²) in [6.07, 6.45) is -6.35. The number of carboxylic acids is 1. The quantitative estimate of drug-likeness (QED) is 0.0146. The van der Waals surface area contributed by atoms with Crippen molar-refractivity contribution in [3.8, 4) is 23.0 Å². The van der Waals surface area contributed by atoms with Crippen LogP contribution in [-0.2, 0) is 63.9 Å². The fourth-order valence-electron chi connectivity index (χ4n) is 7.56. The van der Waals surface area contributed by atoms with E-state index in [9.17, 15) is 54.3 Å². The van der Waals surface area contributed by atoms with E-state index in [0.29, 0.717) is 28.2 Å². The molecular weight excluding hydrogens is 1360 g/mol. The number of benzene rings is 7. The summed E-state index contributed by atoms with van der Waals surface area (Å²) in [6, 6.07) is 50.0. The number of carboxylic acid groups (broad SMARTS) is 1. The normalized spacial score (nSPS) is 12.7. The van der Waals surface area contributed by atoms with Gasteiger partial charge < -0.3 is 91.5 Å². The molecule has 0 spiro atoms. The molecule has 0 bridgehead atoms. The molecule has 104 heavy (non-hydrogen) atoms. The Morgan fingerprint density at radius 3 is 1.12 bits per heavy atom. The Kier molecular flexibility index (Phi) is 49.9. The number of nitrogens with two attached hydrogens (primary N) is 5. The lowest BCUT2D eigenvalue weighted by atomic mass is 10.0. The number of nitrogens with one attached hydrogen (secondary N) is 1. The van der Waals surface area contributed by atoms with E-state index in [0.717, 1.165) is 45.6 Å². The van der Waals surface area contributed by atoms with Crippen LogP contribution >= 0.6 is 0 Å². The highest BCUT2D eigenvalue weighted by molar-refractivity contribution is 5.76. The number of aryl methyl sites for hydroxylation is 2. The van der Waals surface area contributed by atoms with E-state index in [2.05, 4.69) is 15.8 Å². The first-order valence-corrected chi connectivity index (χ1v) is 31.1. The molecule has 0 saturated carbocycles. The molecule has 0 heterocycles. The molecule has 0 aromatic heterocycles. The molecule has 7 rings (SSSR count). The van der Waals surface area contributed by atoms with Gasteiger partial charge in [-0.2, -0.15) is 19.2 Å². The van der Waals surface area contributed by atoms with Crippen molar-refractivity contribution in [3.05, 3.63) is 226 Å². The minimum Gasteiger partial charge on any atom is -0.497 e. The van der Waals surface area contributed by atoms with Gasteiger partial charge in [0.25, 0.3) is 12.9 Å². The first-order chi connectivity index (χ1) is 49.2. The molecule has 0 radical (unpaired) electrons. The number of hydrogen-bond acceptors (Lipinski definition) is 28. The van der Waals surface area contributed by atoms with Crippen LogP contribution in [0.3, 0.4) is 0 Å². The second-order valence-corrected chi connectivity index (χ2v) is 22.4. The smallest absolute Gasteiger partial charge is 0.410 e. The van der Waals surface area contributed by atoms with Gasteiger partial charge >= 0.3 is 30.3 Å². The van der Waals surface area contributed by atoms with Crippen molar-refractivity contribution in [1.29, 1.82) is 0 Å². The number of hydrogen-bond donors (Lipinski definition) is 12. The standard InChI is InChI=1S/C17H19NO3.C15H21NO6.C10H13NO4.2C10H15NO2.C8H8O.C2H5NO2.2CO2/c1-12-7-9-14(10-8-12)16(19)15(18)17(20)21-11-13-5-3-2-4-6-13;1-15(2,3)22-14(19)16-13(21-9-17)12(18)10-5-7-11(20-4)8-6-10;1-14-8-4-2-7(3-5-8)9(13)10(11)15-6-12;2*1-7(11)10(12)8-3-5-9(13-2)6-4-8;1-7-2-4-8(6-9)5-3-7;3-1-2(4)5;2*2-1-3/h2-10,15-16,19H,11,18H2,1H3;5-9,12-13,18H,1-4H3,(H,16,19);2-6,9-10,13H,11H2,1H3;2*3-7,10,12H,11H2,1-2H3;2-6H,1H3;1,3H2,(H,4,5);;/t15-,16+;12-,13-;9-,10-;2*7-,10+;;;;/m01111..../s1. The molecule has 17 N–H and O–H groups in total. The van der Waals surface area contributed by atoms with E-state index in [1.165, 1.54) is 12.7 Å². The fraction of sp³-hybridized carbons (Fsp3) is 0.324. The van der Waals surface area contributed by atoms with Gasteiger partial charge in [-0.05, 0) is 130 Å². The highest BCUT2D eigenvalue weighted by Crippen LogP contribution is 2.24. The monoisotopic (exact) mass is 1450 g/mol. The summed E-state index contributed by atoms with van der Waals surface area (Å²) in [5.74, 6) is 1.26. The van der Waals surface area contributed by atoms with Crippen LogP contribution in [0.5, 0.6) is 23.0 Å². The van der Waals surface area contributed by atoms with E-state index in [1.807, 2.05) is 105 Å². The number of aliphatic hydroxyl groups excluding tert-OH is 5. The number of esters is 1. The number of aliphatic hydroxyl groups is 5. The van der Waals surface area contributed by atoms with Crippen molar-refractivity contribution in [2.45, 2.75) is 122 Å². The summed E-state index contributed by atoms with van der Waals surface area (Å²) in [5, 5.41) is 59.1. The minimum atomic E-state index is -1.26. The van der Waals surface area contributed by atoms with E-state index >= 15 is 0 Å². The van der Waals surface area contributed by atoms with E-state index in [-0.39, 0.29) is 50.5 Å². The maximum atomic E-state index is 11.9. The molecule has 7 aromatic carbocycles. The van der Waals surface area contributed by atoms with Gasteiger partial charge in [-0.1, -0.05) is 139 Å². The van der Waals surface area contributed by atoms with E-state index in [4.69, 9.17) is 80.4 Å². The van der Waals surface area contributed by atoms with E-state index < -0.39 is 72.7 Å². The zero-order valence-corrected chi connectivity index (χ0v) is 59.6. The SMILES string of the molecule is COc1ccc([C@@H](O)[C@@H](C)N)cc1.COc1ccc([C@@H](O)[C@@H](C)N)cc1.COc1ccc([C@@H](O)[C@H](N)OC=O)cc1.COc1ccc([C@@H](O)[C@H](NC(=O)OC(C)(C)C)OC=O)cc1.Cc1ccc(C=O)cc1.Cc1ccc([C@@H](O)[C@H](N)C(=O)OCc2ccccc2)cc1.NCC(=O)O.O=C=O.O=C=O. The number of methoxy groups -OCH3 is 4. The summed E-state index contributed by atoms with van der Waals surface area (Å²) in [6.45, 7) is 12.8. The van der Waals surface area contributed by atoms with Crippen LogP contribution in [0, 0.1) is 13.8 Å². The maximum absolute atomic E-state index is 11.9. The number of carbonyl (C=O) groups is 6. The summed E-state index contributed by atoms with van der Waals surface area (Å²) in [7, 11) is 6.29. The average molecular weight is 1450 g/mol. The van der Waals surface area contributed by atoms with Gasteiger partial charge in [0.1, 0.15) is 65.8 Å². The van der Waals surface area contributed by atoms with Crippen LogP contribution < -0.4 is 52.9 Å². The van der Waals surface area contributed by atoms with Crippen LogP contribution in [0.4, 0.5) is 4.79 Å². The van der Waals surface area contributed by atoms with Gasteiger partial charge in [0.2, 0.25) is 6.23 Å². The molecule has 0 aliphatic rings. The zero-order valence-electron chi connectivity index (χ0n) is 59.6. The summed E-state index contributed by atoms with van der Waals surface area (Å²) in [5.41, 5.74) is 33.3. The van der Waals surface area contributed by atoms with Crippen LogP contribution in [0.25, 0.3) is 0 Å². The highest BCUT2D eigenvalue weighted by Gasteiger charge is 2.28. The molecule has 7 aromatic rings. The largest absolute Gasteiger partial charge is 0.497 e. The molecule has 0 aliphatic heterocycles. The van der Waals surface area contributed by atoms with Gasteiger partial charge in [-0.25, -0.2) is 4.79 Å². The molecule has 0 unspecified atom stereocenters. The van der Waals surface area contributed by atoms with Crippen molar-refractivity contribution in [2.75, 3.05) is 35.0 Å². The molecule has 30 heteroatoms. The van der Waals surface area contributed by atoms with Crippen LogP contribution in [0.15, 0.2) is 176 Å². The number of amides is 1. The third kappa shape index (κ3) is 41.6. The number of rotatable bonds is 24. The molecule has 0 aliphatic carbocycles. The molecule has 0 fully saturated rings. The van der Waals surface area contributed by atoms with E-state index in [1.54, 1.807) is 141 Å². The predicted molar refractivity (Wildman–Crippen MR) is 378 cm³/mol. The molecule has 10 atom stereocenters. The Hall–Kier alpha value is -11.1. The van der Waals surface area contributed by atoms with Crippen molar-refractivity contribution >= 4 is 49.6 Å². The van der Waals surface area contributed by atoms with Crippen molar-refractivity contribution < 1.29 is 116 Å². The third-order valence-corrected chi connectivity index (χ3v) is 13.1. The molecule has 30 nitrogen and oxygen atoms in total.